The lowest BCUT2D eigenvalue weighted by Crippen LogP contribution is -2.50. The molecule has 0 spiro atoms. The van der Waals surface area contributed by atoms with E-state index >= 15 is 0 Å². The Balaban J connectivity index is 1.30. The third-order valence-electron chi connectivity index (χ3n) is 5.79. The molecule has 1 aromatic heterocycles. The normalized spacial score (nSPS) is 14.3. The number of carbonyl (C=O) groups is 1. The molecule has 0 unspecified atom stereocenters. The van der Waals surface area contributed by atoms with Gasteiger partial charge in [-0.2, -0.15) is 13.2 Å². The molecule has 3 aromatic rings. The third kappa shape index (κ3) is 5.47. The molecule has 1 amide bonds. The quantitative estimate of drug-likeness (QED) is 0.549. The fraction of sp³-hybridized carbons (Fsp3) is 0.320. The van der Waals surface area contributed by atoms with E-state index in [0.717, 1.165) is 34.8 Å². The monoisotopic (exact) mass is 470 g/mol. The van der Waals surface area contributed by atoms with Crippen molar-refractivity contribution in [2.45, 2.75) is 20.0 Å². The number of anilines is 1. The lowest BCUT2D eigenvalue weighted by atomic mass is 10.0. The van der Waals surface area contributed by atoms with Gasteiger partial charge in [0.2, 0.25) is 0 Å². The molecule has 1 saturated heterocycles. The van der Waals surface area contributed by atoms with Gasteiger partial charge in [-0.1, -0.05) is 29.8 Å². The Hall–Kier alpha value is -3.62. The number of carbonyl (C=O) groups excluding carboxylic acids is 1. The number of rotatable bonds is 5. The fourth-order valence-corrected chi connectivity index (χ4v) is 3.92. The minimum atomic E-state index is -4.46. The molecule has 0 aliphatic carbocycles. The van der Waals surface area contributed by atoms with Gasteiger partial charge in [-0.25, -0.2) is 0 Å². The average Bonchev–Trinajstić information content (AvgIpc) is 2.82. The van der Waals surface area contributed by atoms with Crippen LogP contribution in [0.2, 0.25) is 0 Å². The average molecular weight is 470 g/mol. The van der Waals surface area contributed by atoms with Gasteiger partial charge in [0.05, 0.1) is 11.3 Å². The van der Waals surface area contributed by atoms with Crippen molar-refractivity contribution in [3.05, 3.63) is 71.3 Å². The molecule has 6 nitrogen and oxygen atoms in total. The first-order chi connectivity index (χ1) is 16.2. The van der Waals surface area contributed by atoms with E-state index in [1.165, 1.54) is 17.7 Å². The van der Waals surface area contributed by atoms with Crippen molar-refractivity contribution in [1.29, 1.82) is 0 Å². The lowest BCUT2D eigenvalue weighted by molar-refractivity contribution is -0.137. The van der Waals surface area contributed by atoms with E-state index in [-0.39, 0.29) is 18.3 Å². The molecule has 0 bridgehead atoms. The van der Waals surface area contributed by atoms with Crippen LogP contribution in [-0.2, 0) is 11.0 Å². The number of amides is 1. The first kappa shape index (κ1) is 23.5. The number of alkyl halides is 3. The zero-order valence-corrected chi connectivity index (χ0v) is 19.0. The summed E-state index contributed by atoms with van der Waals surface area (Å²) in [5.41, 5.74) is 3.37. The van der Waals surface area contributed by atoms with Crippen LogP contribution in [0.15, 0.2) is 54.6 Å². The summed E-state index contributed by atoms with van der Waals surface area (Å²) in [5, 5.41) is 8.76. The molecule has 2 heterocycles. The Labute approximate surface area is 196 Å². The van der Waals surface area contributed by atoms with Crippen molar-refractivity contribution < 1.29 is 22.7 Å². The predicted molar refractivity (Wildman–Crippen MR) is 123 cm³/mol. The summed E-state index contributed by atoms with van der Waals surface area (Å²) in [5.74, 6) is 0.482. The van der Waals surface area contributed by atoms with Gasteiger partial charge in [0, 0.05) is 31.7 Å². The summed E-state index contributed by atoms with van der Waals surface area (Å²) < 4.78 is 43.8. The maximum absolute atomic E-state index is 12.8. The molecule has 9 heteroatoms. The molecule has 0 N–H and O–H groups in total. The van der Waals surface area contributed by atoms with Crippen LogP contribution in [0.4, 0.5) is 19.0 Å². The van der Waals surface area contributed by atoms with Gasteiger partial charge in [-0.05, 0) is 49.7 Å². The van der Waals surface area contributed by atoms with Gasteiger partial charge in [-0.3, -0.25) is 4.79 Å². The Bertz CT molecular complexity index is 1160. The van der Waals surface area contributed by atoms with Gasteiger partial charge in [0.1, 0.15) is 5.75 Å². The van der Waals surface area contributed by atoms with E-state index in [1.807, 2.05) is 38.1 Å². The van der Waals surface area contributed by atoms with Crippen molar-refractivity contribution in [3.8, 4) is 17.0 Å². The second-order valence-electron chi connectivity index (χ2n) is 8.28. The molecule has 178 valence electrons. The number of aromatic nitrogens is 2. The largest absolute Gasteiger partial charge is 0.484 e. The summed E-state index contributed by atoms with van der Waals surface area (Å²) in [6.07, 6.45) is -4.46. The van der Waals surface area contributed by atoms with Crippen LogP contribution in [0.25, 0.3) is 11.3 Å². The molecule has 34 heavy (non-hydrogen) atoms. The molecule has 4 rings (SSSR count). The summed E-state index contributed by atoms with van der Waals surface area (Å²) in [4.78, 5) is 16.2. The number of hydrogen-bond acceptors (Lipinski definition) is 5. The first-order valence-corrected chi connectivity index (χ1v) is 10.9. The molecule has 1 fully saturated rings. The van der Waals surface area contributed by atoms with Crippen molar-refractivity contribution in [2.24, 2.45) is 0 Å². The van der Waals surface area contributed by atoms with E-state index in [4.69, 9.17) is 4.74 Å². The van der Waals surface area contributed by atoms with E-state index < -0.39 is 11.7 Å². The summed E-state index contributed by atoms with van der Waals surface area (Å²) in [6.45, 7) is 5.86. The standard InChI is InChI=1S/C25H25F3N4O2/c1-17-6-7-21(18(2)14-17)22-8-9-23(30-29-22)31-10-12-32(13-11-31)24(33)16-34-20-5-3-4-19(15-20)25(26,27)28/h3-9,14-15H,10-13,16H2,1-2H3. The molecule has 1 aliphatic rings. The maximum Gasteiger partial charge on any atom is 0.416 e. The zero-order chi connectivity index (χ0) is 24.3. The number of nitrogens with zero attached hydrogens (tertiary/aromatic N) is 4. The van der Waals surface area contributed by atoms with E-state index in [9.17, 15) is 18.0 Å². The highest BCUT2D eigenvalue weighted by Gasteiger charge is 2.30. The van der Waals surface area contributed by atoms with Crippen LogP contribution in [-0.4, -0.2) is 53.8 Å². The summed E-state index contributed by atoms with van der Waals surface area (Å²) in [6, 6.07) is 14.6. The third-order valence-corrected chi connectivity index (χ3v) is 5.79. The lowest BCUT2D eigenvalue weighted by Gasteiger charge is -2.35. The van der Waals surface area contributed by atoms with Crippen LogP contribution < -0.4 is 9.64 Å². The Kier molecular flexibility index (Phi) is 6.72. The van der Waals surface area contributed by atoms with Gasteiger partial charge in [0.25, 0.3) is 5.91 Å². The van der Waals surface area contributed by atoms with E-state index in [1.54, 1.807) is 4.90 Å². The summed E-state index contributed by atoms with van der Waals surface area (Å²) in [7, 11) is 0. The Morgan fingerprint density at radius 1 is 0.971 bits per heavy atom. The van der Waals surface area contributed by atoms with Gasteiger partial charge < -0.3 is 14.5 Å². The van der Waals surface area contributed by atoms with Gasteiger partial charge >= 0.3 is 6.18 Å². The van der Waals surface area contributed by atoms with E-state index in [2.05, 4.69) is 21.2 Å². The maximum atomic E-state index is 12.8. The fourth-order valence-electron chi connectivity index (χ4n) is 3.92. The Morgan fingerprint density at radius 2 is 1.74 bits per heavy atom. The number of piperazine rings is 1. The van der Waals surface area contributed by atoms with Gasteiger partial charge in [-0.15, -0.1) is 10.2 Å². The highest BCUT2D eigenvalue weighted by Crippen LogP contribution is 2.31. The number of halogens is 3. The molecule has 2 aromatic carbocycles. The van der Waals surface area contributed by atoms with Crippen molar-refractivity contribution >= 4 is 11.7 Å². The number of ether oxygens (including phenoxy) is 1. The minimum Gasteiger partial charge on any atom is -0.484 e. The molecular formula is C25H25F3N4O2. The topological polar surface area (TPSA) is 58.6 Å². The number of benzene rings is 2. The number of aryl methyl sites for hydroxylation is 2. The SMILES string of the molecule is Cc1ccc(-c2ccc(N3CCN(C(=O)COc4cccc(C(F)(F)F)c4)CC3)nn2)c(C)c1. The van der Waals surface area contributed by atoms with Crippen LogP contribution >= 0.6 is 0 Å². The highest BCUT2D eigenvalue weighted by atomic mass is 19.4. The van der Waals surface area contributed by atoms with Crippen molar-refractivity contribution in [3.63, 3.8) is 0 Å². The van der Waals surface area contributed by atoms with E-state index in [0.29, 0.717) is 26.2 Å². The van der Waals surface area contributed by atoms with Crippen LogP contribution in [0.5, 0.6) is 5.75 Å². The second kappa shape index (κ2) is 9.70. The molecular weight excluding hydrogens is 445 g/mol. The predicted octanol–water partition coefficient (Wildman–Crippen LogP) is 4.51. The van der Waals surface area contributed by atoms with Crippen LogP contribution in [0.3, 0.4) is 0 Å². The highest BCUT2D eigenvalue weighted by molar-refractivity contribution is 5.78. The Morgan fingerprint density at radius 3 is 2.38 bits per heavy atom. The molecule has 1 aliphatic heterocycles. The second-order valence-corrected chi connectivity index (χ2v) is 8.28. The van der Waals surface area contributed by atoms with Crippen molar-refractivity contribution in [2.75, 3.05) is 37.7 Å². The van der Waals surface area contributed by atoms with Crippen LogP contribution in [0.1, 0.15) is 16.7 Å². The minimum absolute atomic E-state index is 0.0148. The summed E-state index contributed by atoms with van der Waals surface area (Å²) >= 11 is 0. The zero-order valence-electron chi connectivity index (χ0n) is 19.0. The number of hydrogen-bond donors (Lipinski definition) is 0. The molecule has 0 radical (unpaired) electrons. The van der Waals surface area contributed by atoms with Gasteiger partial charge in [0.15, 0.2) is 12.4 Å². The first-order valence-electron chi connectivity index (χ1n) is 10.9. The van der Waals surface area contributed by atoms with Crippen LogP contribution in [0, 0.1) is 13.8 Å². The van der Waals surface area contributed by atoms with Crippen molar-refractivity contribution in [1.82, 2.24) is 15.1 Å². The smallest absolute Gasteiger partial charge is 0.416 e. The molecule has 0 saturated carbocycles. The molecule has 0 atom stereocenters.